The van der Waals surface area contributed by atoms with Gasteiger partial charge >= 0.3 is 0 Å². The van der Waals surface area contributed by atoms with Crippen molar-refractivity contribution in [2.45, 2.75) is 20.4 Å². The second-order valence-electron chi connectivity index (χ2n) is 6.42. The van der Waals surface area contributed by atoms with Crippen LogP contribution in [-0.4, -0.2) is 34.4 Å². The summed E-state index contributed by atoms with van der Waals surface area (Å²) in [5.41, 5.74) is 3.31. The van der Waals surface area contributed by atoms with Crippen LogP contribution < -0.4 is 10.1 Å². The fourth-order valence-electron chi connectivity index (χ4n) is 2.89. The Bertz CT molecular complexity index is 944. The molecule has 1 amide bonds. The maximum atomic E-state index is 12.9. The molecule has 0 saturated heterocycles. The Morgan fingerprint density at radius 2 is 1.89 bits per heavy atom. The topological polar surface area (TPSA) is 67.4 Å². The number of nitrogens with one attached hydrogen (secondary N) is 1. The van der Waals surface area contributed by atoms with E-state index in [0.29, 0.717) is 30.4 Å². The molecule has 3 aromatic rings. The van der Waals surface area contributed by atoms with Gasteiger partial charge in [0, 0.05) is 19.2 Å². The lowest BCUT2D eigenvalue weighted by Gasteiger charge is -2.21. The van der Waals surface area contributed by atoms with Gasteiger partial charge in [-0.1, -0.05) is 36.4 Å². The SMILES string of the molecule is CCN(Cc1ccccc1)C(=O)c1cc(Nc2cc(C)ccc2OC)ncn1. The summed E-state index contributed by atoms with van der Waals surface area (Å²) in [6, 6.07) is 17.4. The van der Waals surface area contributed by atoms with Gasteiger partial charge in [-0.15, -0.1) is 0 Å². The van der Waals surface area contributed by atoms with Crippen LogP contribution in [0.5, 0.6) is 5.75 Å². The molecule has 1 aromatic heterocycles. The molecule has 28 heavy (non-hydrogen) atoms. The van der Waals surface area contributed by atoms with Crippen molar-refractivity contribution in [2.75, 3.05) is 19.0 Å². The number of hydrogen-bond donors (Lipinski definition) is 1. The Balaban J connectivity index is 1.80. The van der Waals surface area contributed by atoms with E-state index in [4.69, 9.17) is 4.74 Å². The number of carbonyl (C=O) groups excluding carboxylic acids is 1. The Kier molecular flexibility index (Phi) is 6.22. The minimum absolute atomic E-state index is 0.131. The van der Waals surface area contributed by atoms with Crippen molar-refractivity contribution in [1.82, 2.24) is 14.9 Å². The van der Waals surface area contributed by atoms with E-state index in [2.05, 4.69) is 15.3 Å². The summed E-state index contributed by atoms with van der Waals surface area (Å²) in [5, 5.41) is 3.22. The monoisotopic (exact) mass is 376 g/mol. The fraction of sp³-hybridized carbons (Fsp3) is 0.227. The molecule has 0 fully saturated rings. The first kappa shape index (κ1) is 19.4. The molecular formula is C22H24N4O2. The van der Waals surface area contributed by atoms with Crippen LogP contribution in [0.2, 0.25) is 0 Å². The van der Waals surface area contributed by atoms with Crippen molar-refractivity contribution in [3.8, 4) is 5.75 Å². The number of rotatable bonds is 7. The van der Waals surface area contributed by atoms with Gasteiger partial charge in [0.25, 0.3) is 5.91 Å². The molecule has 6 nitrogen and oxygen atoms in total. The third-order valence-electron chi connectivity index (χ3n) is 4.39. The molecule has 0 spiro atoms. The molecule has 0 aliphatic rings. The highest BCUT2D eigenvalue weighted by Gasteiger charge is 2.17. The predicted octanol–water partition coefficient (Wildman–Crippen LogP) is 4.20. The molecule has 2 aromatic carbocycles. The number of carbonyl (C=O) groups is 1. The minimum Gasteiger partial charge on any atom is -0.495 e. The van der Waals surface area contributed by atoms with Crippen LogP contribution in [0.1, 0.15) is 28.5 Å². The normalized spacial score (nSPS) is 10.4. The Labute approximate surface area is 165 Å². The quantitative estimate of drug-likeness (QED) is 0.669. The summed E-state index contributed by atoms with van der Waals surface area (Å²) in [7, 11) is 1.62. The molecule has 0 unspecified atom stereocenters. The Hall–Kier alpha value is -3.41. The third-order valence-corrected chi connectivity index (χ3v) is 4.39. The van der Waals surface area contributed by atoms with Crippen molar-refractivity contribution in [3.63, 3.8) is 0 Å². The standard InChI is InChI=1S/C22H24N4O2/c1-4-26(14-17-8-6-5-7-9-17)22(27)19-13-21(24-15-23-19)25-18-12-16(2)10-11-20(18)28-3/h5-13,15H,4,14H2,1-3H3,(H,23,24,25). The third kappa shape index (κ3) is 4.65. The number of aromatic nitrogens is 2. The molecule has 0 aliphatic heterocycles. The number of aryl methyl sites for hydroxylation is 1. The first-order valence-electron chi connectivity index (χ1n) is 9.17. The van der Waals surface area contributed by atoms with E-state index in [9.17, 15) is 4.79 Å². The number of hydrogen-bond acceptors (Lipinski definition) is 5. The van der Waals surface area contributed by atoms with Gasteiger partial charge < -0.3 is 15.0 Å². The molecule has 0 saturated carbocycles. The lowest BCUT2D eigenvalue weighted by atomic mass is 10.2. The van der Waals surface area contributed by atoms with Gasteiger partial charge in [-0.3, -0.25) is 4.79 Å². The van der Waals surface area contributed by atoms with E-state index in [1.807, 2.05) is 62.4 Å². The van der Waals surface area contributed by atoms with Gasteiger partial charge in [0.2, 0.25) is 0 Å². The van der Waals surface area contributed by atoms with E-state index in [0.717, 1.165) is 16.8 Å². The molecule has 0 aliphatic carbocycles. The van der Waals surface area contributed by atoms with Gasteiger partial charge in [-0.25, -0.2) is 9.97 Å². The van der Waals surface area contributed by atoms with Gasteiger partial charge in [0.1, 0.15) is 23.6 Å². The van der Waals surface area contributed by atoms with Gasteiger partial charge in [0.05, 0.1) is 12.8 Å². The average Bonchev–Trinajstić information content (AvgIpc) is 2.72. The number of anilines is 2. The van der Waals surface area contributed by atoms with Crippen LogP contribution in [0, 0.1) is 6.92 Å². The summed E-state index contributed by atoms with van der Waals surface area (Å²) in [6.07, 6.45) is 1.40. The molecule has 0 radical (unpaired) electrons. The largest absolute Gasteiger partial charge is 0.495 e. The molecular weight excluding hydrogens is 352 g/mol. The Morgan fingerprint density at radius 3 is 2.61 bits per heavy atom. The van der Waals surface area contributed by atoms with Crippen LogP contribution in [0.4, 0.5) is 11.5 Å². The summed E-state index contributed by atoms with van der Waals surface area (Å²) in [4.78, 5) is 23.1. The molecule has 0 atom stereocenters. The maximum Gasteiger partial charge on any atom is 0.272 e. The molecule has 3 rings (SSSR count). The highest BCUT2D eigenvalue weighted by Crippen LogP contribution is 2.28. The number of ether oxygens (including phenoxy) is 1. The van der Waals surface area contributed by atoms with Crippen LogP contribution in [-0.2, 0) is 6.54 Å². The van der Waals surface area contributed by atoms with Gasteiger partial charge in [-0.05, 0) is 37.1 Å². The smallest absolute Gasteiger partial charge is 0.272 e. The van der Waals surface area contributed by atoms with Crippen LogP contribution >= 0.6 is 0 Å². The second-order valence-corrected chi connectivity index (χ2v) is 6.42. The van der Waals surface area contributed by atoms with E-state index in [1.54, 1.807) is 18.1 Å². The lowest BCUT2D eigenvalue weighted by molar-refractivity contribution is 0.0746. The van der Waals surface area contributed by atoms with E-state index in [-0.39, 0.29) is 5.91 Å². The van der Waals surface area contributed by atoms with Crippen molar-refractivity contribution >= 4 is 17.4 Å². The van der Waals surface area contributed by atoms with Gasteiger partial charge in [-0.2, -0.15) is 0 Å². The maximum absolute atomic E-state index is 12.9. The Morgan fingerprint density at radius 1 is 1.11 bits per heavy atom. The zero-order valence-corrected chi connectivity index (χ0v) is 16.3. The zero-order chi connectivity index (χ0) is 19.9. The summed E-state index contributed by atoms with van der Waals surface area (Å²) in [5.74, 6) is 1.11. The zero-order valence-electron chi connectivity index (χ0n) is 16.3. The highest BCUT2D eigenvalue weighted by molar-refractivity contribution is 5.93. The molecule has 0 bridgehead atoms. The molecule has 1 N–H and O–H groups in total. The van der Waals surface area contributed by atoms with Crippen LogP contribution in [0.25, 0.3) is 0 Å². The second kappa shape index (κ2) is 8.99. The first-order valence-corrected chi connectivity index (χ1v) is 9.17. The van der Waals surface area contributed by atoms with Crippen LogP contribution in [0.15, 0.2) is 60.9 Å². The van der Waals surface area contributed by atoms with Crippen molar-refractivity contribution < 1.29 is 9.53 Å². The highest BCUT2D eigenvalue weighted by atomic mass is 16.5. The minimum atomic E-state index is -0.131. The molecule has 6 heteroatoms. The lowest BCUT2D eigenvalue weighted by Crippen LogP contribution is -2.31. The number of methoxy groups -OCH3 is 1. The van der Waals surface area contributed by atoms with Crippen molar-refractivity contribution in [1.29, 1.82) is 0 Å². The average molecular weight is 376 g/mol. The number of amides is 1. The summed E-state index contributed by atoms with van der Waals surface area (Å²) in [6.45, 7) is 5.09. The number of nitrogens with zero attached hydrogens (tertiary/aromatic N) is 3. The van der Waals surface area contributed by atoms with E-state index >= 15 is 0 Å². The molecule has 1 heterocycles. The van der Waals surface area contributed by atoms with E-state index < -0.39 is 0 Å². The summed E-state index contributed by atoms with van der Waals surface area (Å²) < 4.78 is 5.39. The fourth-order valence-corrected chi connectivity index (χ4v) is 2.89. The van der Waals surface area contributed by atoms with Gasteiger partial charge in [0.15, 0.2) is 0 Å². The molecule has 144 valence electrons. The van der Waals surface area contributed by atoms with Crippen molar-refractivity contribution in [2.24, 2.45) is 0 Å². The van der Waals surface area contributed by atoms with Crippen molar-refractivity contribution in [3.05, 3.63) is 77.7 Å². The number of benzene rings is 2. The first-order chi connectivity index (χ1) is 13.6. The van der Waals surface area contributed by atoms with E-state index in [1.165, 1.54) is 6.33 Å². The summed E-state index contributed by atoms with van der Waals surface area (Å²) >= 11 is 0. The predicted molar refractivity (Wildman–Crippen MR) is 110 cm³/mol. The van der Waals surface area contributed by atoms with Crippen LogP contribution in [0.3, 0.4) is 0 Å².